The fourth-order valence-electron chi connectivity index (χ4n) is 3.24. The number of hydrogen-bond acceptors (Lipinski definition) is 3. The van der Waals surface area contributed by atoms with E-state index in [-0.39, 0.29) is 24.0 Å². The van der Waals surface area contributed by atoms with Crippen molar-refractivity contribution in [3.8, 4) is 0 Å². The largest absolute Gasteiger partial charge is 0.481 e. The molecule has 1 aliphatic carbocycles. The average molecular weight is 331 g/mol. The van der Waals surface area contributed by atoms with Crippen molar-refractivity contribution in [2.24, 2.45) is 11.8 Å². The van der Waals surface area contributed by atoms with Gasteiger partial charge in [0.15, 0.2) is 5.78 Å². The highest BCUT2D eigenvalue weighted by Crippen LogP contribution is 2.30. The van der Waals surface area contributed by atoms with Gasteiger partial charge in [0.1, 0.15) is 0 Å². The van der Waals surface area contributed by atoms with Crippen LogP contribution in [0, 0.1) is 11.8 Å². The second-order valence-electron chi connectivity index (χ2n) is 6.61. The van der Waals surface area contributed by atoms with Crippen molar-refractivity contribution in [3.05, 3.63) is 35.4 Å². The number of carboxylic acid groups (broad SMARTS) is 1. The second kappa shape index (κ2) is 8.62. The molecule has 0 radical (unpaired) electrons. The third kappa shape index (κ3) is 5.48. The maximum atomic E-state index is 12.6. The number of benzene rings is 1. The van der Waals surface area contributed by atoms with E-state index in [1.807, 2.05) is 24.3 Å². The first-order chi connectivity index (χ1) is 11.5. The summed E-state index contributed by atoms with van der Waals surface area (Å²) >= 11 is 0. The van der Waals surface area contributed by atoms with E-state index < -0.39 is 5.97 Å². The molecule has 2 rings (SSSR count). The normalized spacial score (nSPS) is 20.4. The maximum absolute atomic E-state index is 12.6. The van der Waals surface area contributed by atoms with Crippen molar-refractivity contribution in [1.29, 1.82) is 0 Å². The minimum atomic E-state index is -0.814. The Morgan fingerprint density at radius 3 is 2.25 bits per heavy atom. The molecule has 2 N–H and O–H groups in total. The molecule has 5 heteroatoms. The minimum Gasteiger partial charge on any atom is -0.481 e. The predicted octanol–water partition coefficient (Wildman–Crippen LogP) is 2.83. The van der Waals surface area contributed by atoms with Crippen LogP contribution in [0.25, 0.3) is 0 Å². The Morgan fingerprint density at radius 2 is 1.71 bits per heavy atom. The molecule has 0 aromatic heterocycles. The molecule has 0 heterocycles. The summed E-state index contributed by atoms with van der Waals surface area (Å²) in [5, 5.41) is 11.6. The van der Waals surface area contributed by atoms with Crippen LogP contribution in [0.3, 0.4) is 0 Å². The molecule has 1 aromatic rings. The van der Waals surface area contributed by atoms with Crippen LogP contribution in [0.2, 0.25) is 0 Å². The lowest BCUT2D eigenvalue weighted by Crippen LogP contribution is -2.31. The molecular weight excluding hydrogens is 306 g/mol. The summed E-state index contributed by atoms with van der Waals surface area (Å²) in [4.78, 5) is 34.1. The van der Waals surface area contributed by atoms with Gasteiger partial charge in [-0.25, -0.2) is 0 Å². The lowest BCUT2D eigenvalue weighted by atomic mass is 9.78. The summed E-state index contributed by atoms with van der Waals surface area (Å²) in [7, 11) is 0. The molecule has 1 fully saturated rings. The second-order valence-corrected chi connectivity index (χ2v) is 6.61. The summed E-state index contributed by atoms with van der Waals surface area (Å²) in [6, 6.07) is 7.31. The molecule has 24 heavy (non-hydrogen) atoms. The topological polar surface area (TPSA) is 83.5 Å². The molecule has 1 saturated carbocycles. The molecule has 0 spiro atoms. The number of hydrogen-bond donors (Lipinski definition) is 2. The van der Waals surface area contributed by atoms with Gasteiger partial charge in [-0.1, -0.05) is 24.3 Å². The zero-order valence-corrected chi connectivity index (χ0v) is 14.1. The molecule has 0 unspecified atom stereocenters. The lowest BCUT2D eigenvalue weighted by Gasteiger charge is -2.27. The van der Waals surface area contributed by atoms with E-state index in [9.17, 15) is 14.4 Å². The van der Waals surface area contributed by atoms with Gasteiger partial charge in [0.25, 0.3) is 0 Å². The van der Waals surface area contributed by atoms with Gasteiger partial charge in [0.05, 0.1) is 0 Å². The SMILES string of the molecule is CC(=O)NC[C@H]1CC[C@H](C(=O)c2ccc(CCC(=O)O)cc2)CC1. The molecule has 5 nitrogen and oxygen atoms in total. The Bertz CT molecular complexity index is 586. The number of rotatable bonds is 7. The highest BCUT2D eigenvalue weighted by molar-refractivity contribution is 5.97. The molecule has 0 saturated heterocycles. The number of ketones is 1. The van der Waals surface area contributed by atoms with Crippen molar-refractivity contribution >= 4 is 17.7 Å². The smallest absolute Gasteiger partial charge is 0.303 e. The number of aryl methyl sites for hydroxylation is 1. The van der Waals surface area contributed by atoms with Crippen LogP contribution in [0.1, 0.15) is 54.9 Å². The Labute approximate surface area is 142 Å². The van der Waals surface area contributed by atoms with Gasteiger partial charge in [-0.15, -0.1) is 0 Å². The standard InChI is InChI=1S/C19H25NO4/c1-13(21)20-12-15-4-9-17(10-5-15)19(24)16-7-2-14(3-8-16)6-11-18(22)23/h2-3,7-8,15,17H,4-6,9-12H2,1H3,(H,20,21)(H,22,23)/t15-,17-. The van der Waals surface area contributed by atoms with Crippen LogP contribution >= 0.6 is 0 Å². The van der Waals surface area contributed by atoms with E-state index in [0.29, 0.717) is 24.4 Å². The zero-order valence-electron chi connectivity index (χ0n) is 14.1. The molecule has 0 bridgehead atoms. The summed E-state index contributed by atoms with van der Waals surface area (Å²) < 4.78 is 0. The van der Waals surface area contributed by atoms with Gasteiger partial charge in [-0.05, 0) is 43.6 Å². The molecule has 1 amide bonds. The van der Waals surface area contributed by atoms with Crippen molar-refractivity contribution < 1.29 is 19.5 Å². The van der Waals surface area contributed by atoms with E-state index in [4.69, 9.17) is 5.11 Å². The molecule has 0 aliphatic heterocycles. The number of carboxylic acids is 1. The molecule has 130 valence electrons. The highest BCUT2D eigenvalue weighted by Gasteiger charge is 2.26. The lowest BCUT2D eigenvalue weighted by molar-refractivity contribution is -0.137. The highest BCUT2D eigenvalue weighted by atomic mass is 16.4. The van der Waals surface area contributed by atoms with Crippen molar-refractivity contribution in [2.45, 2.75) is 45.4 Å². The van der Waals surface area contributed by atoms with E-state index in [1.54, 1.807) is 0 Å². The third-order valence-corrected chi connectivity index (χ3v) is 4.72. The van der Waals surface area contributed by atoms with E-state index >= 15 is 0 Å². The van der Waals surface area contributed by atoms with E-state index in [2.05, 4.69) is 5.32 Å². The van der Waals surface area contributed by atoms with Gasteiger partial charge in [-0.2, -0.15) is 0 Å². The van der Waals surface area contributed by atoms with Crippen LogP contribution in [-0.4, -0.2) is 29.3 Å². The third-order valence-electron chi connectivity index (χ3n) is 4.72. The first kappa shape index (κ1) is 18.2. The predicted molar refractivity (Wildman–Crippen MR) is 90.9 cm³/mol. The Morgan fingerprint density at radius 1 is 1.08 bits per heavy atom. The summed E-state index contributed by atoms with van der Waals surface area (Å²) in [6.45, 7) is 2.23. The van der Waals surface area contributed by atoms with E-state index in [0.717, 1.165) is 31.2 Å². The van der Waals surface area contributed by atoms with Crippen molar-refractivity contribution in [3.63, 3.8) is 0 Å². The van der Waals surface area contributed by atoms with Gasteiger partial charge in [0.2, 0.25) is 5.91 Å². The number of Topliss-reactive ketones (excluding diaryl/α,β-unsaturated/α-hetero) is 1. The summed E-state index contributed by atoms with van der Waals surface area (Å²) in [5.74, 6) is -0.111. The van der Waals surface area contributed by atoms with Gasteiger partial charge in [0, 0.05) is 31.4 Å². The Kier molecular flexibility index (Phi) is 6.53. The van der Waals surface area contributed by atoms with Crippen LogP contribution in [0.4, 0.5) is 0 Å². The van der Waals surface area contributed by atoms with Crippen LogP contribution in [0.15, 0.2) is 24.3 Å². The van der Waals surface area contributed by atoms with Gasteiger partial charge in [-0.3, -0.25) is 14.4 Å². The summed E-state index contributed by atoms with van der Waals surface area (Å²) in [6.07, 6.45) is 4.25. The van der Waals surface area contributed by atoms with Gasteiger partial charge >= 0.3 is 5.97 Å². The Hall–Kier alpha value is -2.17. The number of carbonyl (C=O) groups is 3. The fraction of sp³-hybridized carbons (Fsp3) is 0.526. The quantitative estimate of drug-likeness (QED) is 0.753. The van der Waals surface area contributed by atoms with Crippen LogP contribution in [0.5, 0.6) is 0 Å². The number of nitrogens with one attached hydrogen (secondary N) is 1. The maximum Gasteiger partial charge on any atom is 0.303 e. The average Bonchev–Trinajstić information content (AvgIpc) is 2.58. The first-order valence-corrected chi connectivity index (χ1v) is 8.55. The monoisotopic (exact) mass is 331 g/mol. The summed E-state index contributed by atoms with van der Waals surface area (Å²) in [5.41, 5.74) is 1.65. The van der Waals surface area contributed by atoms with Crippen molar-refractivity contribution in [2.75, 3.05) is 6.54 Å². The fourth-order valence-corrected chi connectivity index (χ4v) is 3.24. The van der Waals surface area contributed by atoms with Crippen molar-refractivity contribution in [1.82, 2.24) is 5.32 Å². The number of aliphatic carboxylic acids is 1. The Balaban J connectivity index is 1.84. The minimum absolute atomic E-state index is 0.00353. The molecule has 1 aromatic carbocycles. The van der Waals surface area contributed by atoms with Crippen LogP contribution in [-0.2, 0) is 16.0 Å². The molecule has 0 atom stereocenters. The molecular formula is C19H25NO4. The number of amides is 1. The van der Waals surface area contributed by atoms with E-state index in [1.165, 1.54) is 6.92 Å². The first-order valence-electron chi connectivity index (χ1n) is 8.55. The molecule has 1 aliphatic rings. The van der Waals surface area contributed by atoms with Gasteiger partial charge < -0.3 is 10.4 Å². The van der Waals surface area contributed by atoms with Crippen LogP contribution < -0.4 is 5.32 Å². The number of carbonyl (C=O) groups excluding carboxylic acids is 2. The zero-order chi connectivity index (χ0) is 17.5.